The van der Waals surface area contributed by atoms with Crippen LogP contribution in [-0.2, 0) is 0 Å². The zero-order valence-electron chi connectivity index (χ0n) is 15.5. The molecule has 25 heavy (non-hydrogen) atoms. The zero-order valence-corrected chi connectivity index (χ0v) is 17.1. The number of allylic oxidation sites excluding steroid dienone is 2. The lowest BCUT2D eigenvalue weighted by Gasteiger charge is -2.23. The Balaban J connectivity index is 2.26. The van der Waals surface area contributed by atoms with Crippen molar-refractivity contribution < 1.29 is 4.79 Å². The van der Waals surface area contributed by atoms with Gasteiger partial charge in [-0.2, -0.15) is 0 Å². The lowest BCUT2D eigenvalue weighted by molar-refractivity contribution is 0.102. The number of carbonyl (C=O) groups is 1. The molecule has 0 saturated carbocycles. The Kier molecular flexibility index (Phi) is 8.32. The fourth-order valence-corrected chi connectivity index (χ4v) is 4.06. The van der Waals surface area contributed by atoms with Crippen molar-refractivity contribution in [1.82, 2.24) is 0 Å². The Morgan fingerprint density at radius 3 is 2.04 bits per heavy atom. The summed E-state index contributed by atoms with van der Waals surface area (Å²) in [5.74, 6) is 0.146. The second-order valence-corrected chi connectivity index (χ2v) is 7.77. The van der Waals surface area contributed by atoms with Crippen molar-refractivity contribution in [3.63, 3.8) is 0 Å². The highest BCUT2D eigenvalue weighted by Crippen LogP contribution is 2.34. The fraction of sp³-hybridized carbons (Fsp3) is 0.545. The molecule has 1 aromatic carbocycles. The lowest BCUT2D eigenvalue weighted by Crippen LogP contribution is -2.21. The van der Waals surface area contributed by atoms with E-state index < -0.39 is 0 Å². The Hall–Kier alpha value is -0.990. The van der Waals surface area contributed by atoms with Crippen molar-refractivity contribution in [2.75, 3.05) is 0 Å². The van der Waals surface area contributed by atoms with Crippen LogP contribution < -0.4 is 0 Å². The number of unbranched alkanes of at least 4 members (excludes halogenated alkanes) is 6. The van der Waals surface area contributed by atoms with Gasteiger partial charge in [0.1, 0.15) is 0 Å². The van der Waals surface area contributed by atoms with E-state index in [1.54, 1.807) is 6.07 Å². The van der Waals surface area contributed by atoms with Gasteiger partial charge in [0.25, 0.3) is 0 Å². The molecular weight excluding hydrogens is 348 g/mol. The molecule has 136 valence electrons. The average Bonchev–Trinajstić information content (AvgIpc) is 2.61. The van der Waals surface area contributed by atoms with Crippen molar-refractivity contribution in [3.8, 4) is 0 Å². The first-order valence-corrected chi connectivity index (χ1v) is 10.5. The fourth-order valence-electron chi connectivity index (χ4n) is 3.49. The van der Waals surface area contributed by atoms with Gasteiger partial charge in [0.2, 0.25) is 0 Å². The highest BCUT2D eigenvalue weighted by molar-refractivity contribution is 7.81. The maximum atomic E-state index is 13.1. The Morgan fingerprint density at radius 2 is 1.44 bits per heavy atom. The number of ketones is 1. The molecule has 1 aliphatic rings. The molecule has 1 aromatic rings. The first kappa shape index (κ1) is 20.3. The second kappa shape index (κ2) is 10.2. The van der Waals surface area contributed by atoms with Gasteiger partial charge >= 0.3 is 0 Å². The van der Waals surface area contributed by atoms with Crippen molar-refractivity contribution in [2.24, 2.45) is 0 Å². The molecule has 0 N–H and O–H groups in total. The molecule has 0 radical (unpaired) electrons. The smallest absolute Gasteiger partial charge is 0.190 e. The third-order valence-electron chi connectivity index (χ3n) is 4.94. The first-order chi connectivity index (χ1) is 12.1. The van der Waals surface area contributed by atoms with Crippen LogP contribution in [0.2, 0.25) is 5.02 Å². The van der Waals surface area contributed by atoms with Crippen LogP contribution in [0, 0.1) is 0 Å². The summed E-state index contributed by atoms with van der Waals surface area (Å²) >= 11 is 11.9. The van der Waals surface area contributed by atoms with Crippen molar-refractivity contribution in [2.45, 2.75) is 78.1 Å². The van der Waals surface area contributed by atoms with Gasteiger partial charge in [0, 0.05) is 26.6 Å². The summed E-state index contributed by atoms with van der Waals surface area (Å²) < 4.78 is 0. The van der Waals surface area contributed by atoms with Gasteiger partial charge in [-0.15, -0.1) is 0 Å². The van der Waals surface area contributed by atoms with E-state index in [-0.39, 0.29) is 5.78 Å². The molecule has 0 aromatic heterocycles. The summed E-state index contributed by atoms with van der Waals surface area (Å²) in [4.78, 5) is 14.0. The number of benzene rings is 1. The summed E-state index contributed by atoms with van der Waals surface area (Å²) in [6.45, 7) is 4.42. The predicted octanol–water partition coefficient (Wildman–Crippen LogP) is 7.49. The third-order valence-corrected chi connectivity index (χ3v) is 5.65. The van der Waals surface area contributed by atoms with E-state index >= 15 is 0 Å². The highest BCUT2D eigenvalue weighted by atomic mass is 35.5. The number of hydrogen-bond donors (Lipinski definition) is 0. The zero-order chi connectivity index (χ0) is 18.2. The van der Waals surface area contributed by atoms with Crippen LogP contribution in [0.25, 0.3) is 0 Å². The minimum absolute atomic E-state index is 0.146. The molecule has 0 spiro atoms. The molecule has 0 atom stereocenters. The van der Waals surface area contributed by atoms with Crippen molar-refractivity contribution >= 4 is 34.5 Å². The van der Waals surface area contributed by atoms with Gasteiger partial charge in [-0.3, -0.25) is 4.79 Å². The van der Waals surface area contributed by atoms with Crippen LogP contribution in [0.3, 0.4) is 0 Å². The van der Waals surface area contributed by atoms with Gasteiger partial charge in [-0.05, 0) is 43.4 Å². The van der Waals surface area contributed by atoms with E-state index in [1.165, 1.54) is 38.5 Å². The molecule has 0 bridgehead atoms. The number of thiocarbonyl (C=S) groups is 1. The van der Waals surface area contributed by atoms with Crippen LogP contribution in [0.15, 0.2) is 29.3 Å². The standard InChI is InChI=1S/C22H29ClOS/c1-3-5-7-9-11-17-18(12-10-8-6-4-2)22(25)19-14-13-16(23)15-20(19)21(17)24/h13-15H,3-12H2,1-2H3. The number of rotatable bonds is 10. The van der Waals surface area contributed by atoms with E-state index in [4.69, 9.17) is 23.8 Å². The topological polar surface area (TPSA) is 17.1 Å². The summed E-state index contributed by atoms with van der Waals surface area (Å²) in [5.41, 5.74) is 3.67. The maximum absolute atomic E-state index is 13.1. The van der Waals surface area contributed by atoms with Crippen molar-refractivity contribution in [1.29, 1.82) is 0 Å². The van der Waals surface area contributed by atoms with Gasteiger partial charge in [-0.1, -0.05) is 82.3 Å². The minimum Gasteiger partial charge on any atom is -0.289 e. The first-order valence-electron chi connectivity index (χ1n) is 9.71. The molecule has 1 aliphatic carbocycles. The second-order valence-electron chi connectivity index (χ2n) is 6.93. The van der Waals surface area contributed by atoms with Crippen molar-refractivity contribution in [3.05, 3.63) is 45.5 Å². The Morgan fingerprint density at radius 1 is 0.840 bits per heavy atom. The molecule has 1 nitrogen and oxygen atoms in total. The molecule has 0 unspecified atom stereocenters. The van der Waals surface area contributed by atoms with E-state index in [0.717, 1.165) is 47.3 Å². The van der Waals surface area contributed by atoms with E-state index in [9.17, 15) is 4.79 Å². The quantitative estimate of drug-likeness (QED) is 0.310. The molecule has 0 amide bonds. The van der Waals surface area contributed by atoms with Crippen LogP contribution in [0.4, 0.5) is 0 Å². The summed E-state index contributed by atoms with van der Waals surface area (Å²) in [5, 5.41) is 0.603. The molecule has 0 heterocycles. The number of carbonyl (C=O) groups excluding carboxylic acids is 1. The molecule has 0 fully saturated rings. The Labute approximate surface area is 162 Å². The van der Waals surface area contributed by atoms with Gasteiger partial charge in [-0.25, -0.2) is 0 Å². The highest BCUT2D eigenvalue weighted by Gasteiger charge is 2.29. The van der Waals surface area contributed by atoms with Crippen LogP contribution >= 0.6 is 23.8 Å². The van der Waals surface area contributed by atoms with Crippen LogP contribution in [0.5, 0.6) is 0 Å². The monoisotopic (exact) mass is 376 g/mol. The molecular formula is C22H29ClOS. The normalized spacial score (nSPS) is 14.2. The van der Waals surface area contributed by atoms with Crippen LogP contribution in [0.1, 0.15) is 94.0 Å². The maximum Gasteiger partial charge on any atom is 0.190 e. The van der Waals surface area contributed by atoms with Gasteiger partial charge < -0.3 is 0 Å². The van der Waals surface area contributed by atoms with Crippen LogP contribution in [-0.4, -0.2) is 10.6 Å². The average molecular weight is 377 g/mol. The van der Waals surface area contributed by atoms with E-state index in [2.05, 4.69) is 13.8 Å². The summed E-state index contributed by atoms with van der Waals surface area (Å²) in [6, 6.07) is 5.53. The third kappa shape index (κ3) is 5.24. The van der Waals surface area contributed by atoms with Gasteiger partial charge in [0.05, 0.1) is 0 Å². The summed E-state index contributed by atoms with van der Waals surface area (Å²) in [6.07, 6.45) is 11.2. The number of Topliss-reactive ketones (excluding diaryl/α,β-unsaturated/α-hetero) is 1. The number of fused-ring (bicyclic) bond motifs is 1. The minimum atomic E-state index is 0.146. The molecule has 0 aliphatic heterocycles. The van der Waals surface area contributed by atoms with Gasteiger partial charge in [0.15, 0.2) is 5.78 Å². The molecule has 2 rings (SSSR count). The molecule has 3 heteroatoms. The lowest BCUT2D eigenvalue weighted by atomic mass is 9.81. The summed E-state index contributed by atoms with van der Waals surface area (Å²) in [7, 11) is 0. The van der Waals surface area contributed by atoms with E-state index in [1.807, 2.05) is 12.1 Å². The number of hydrogen-bond acceptors (Lipinski definition) is 2. The van der Waals surface area contributed by atoms with E-state index in [0.29, 0.717) is 10.6 Å². The number of halogens is 1. The predicted molar refractivity (Wildman–Crippen MR) is 112 cm³/mol. The SMILES string of the molecule is CCCCCCC1=C(CCCCCC)C(=S)c2ccc(Cl)cc2C1=O. The molecule has 0 saturated heterocycles. The largest absolute Gasteiger partial charge is 0.289 e. The Bertz CT molecular complexity index is 660.